The van der Waals surface area contributed by atoms with Crippen LogP contribution in [0.2, 0.25) is 0 Å². The van der Waals surface area contributed by atoms with E-state index in [0.717, 1.165) is 33.8 Å². The first kappa shape index (κ1) is 21.9. The van der Waals surface area contributed by atoms with Crippen molar-refractivity contribution >= 4 is 21.5 Å². The van der Waals surface area contributed by atoms with Gasteiger partial charge in [-0.3, -0.25) is 4.31 Å². The van der Waals surface area contributed by atoms with Gasteiger partial charge >= 0.3 is 6.18 Å². The zero-order valence-electron chi connectivity index (χ0n) is 17.3. The number of sulfonamides is 1. The van der Waals surface area contributed by atoms with Crippen LogP contribution in [0.1, 0.15) is 11.1 Å². The average molecular weight is 463 g/mol. The predicted octanol–water partition coefficient (Wildman–Crippen LogP) is 4.33. The molecule has 0 saturated carbocycles. The smallest absolute Gasteiger partial charge is 0.416 e. The second kappa shape index (κ2) is 8.01. The maximum absolute atomic E-state index is 13.3. The minimum atomic E-state index is -4.61. The lowest BCUT2D eigenvalue weighted by Crippen LogP contribution is -2.38. The molecule has 0 amide bonds. The predicted molar refractivity (Wildman–Crippen MR) is 114 cm³/mol. The molecule has 0 aliphatic carbocycles. The Morgan fingerprint density at radius 3 is 2.47 bits per heavy atom. The van der Waals surface area contributed by atoms with Gasteiger partial charge in [-0.1, -0.05) is 12.1 Å². The van der Waals surface area contributed by atoms with Gasteiger partial charge in [0.05, 0.1) is 24.1 Å². The number of ether oxygens (including phenoxy) is 1. The largest absolute Gasteiger partial charge is 0.497 e. The second-order valence-corrected chi connectivity index (χ2v) is 9.21. The summed E-state index contributed by atoms with van der Waals surface area (Å²) >= 11 is 0. The van der Waals surface area contributed by atoms with E-state index >= 15 is 0 Å². The Balaban J connectivity index is 1.72. The van der Waals surface area contributed by atoms with Gasteiger partial charge in [0.2, 0.25) is 0 Å². The second-order valence-electron chi connectivity index (χ2n) is 7.27. The Morgan fingerprint density at radius 1 is 1.09 bits per heavy atom. The average Bonchev–Trinajstić information content (AvgIpc) is 2.85. The van der Waals surface area contributed by atoms with E-state index in [4.69, 9.17) is 4.74 Å². The molecule has 0 spiro atoms. The molecule has 2 aromatic rings. The number of amidine groups is 1. The normalized spacial score (nSPS) is 17.2. The number of halogens is 3. The van der Waals surface area contributed by atoms with Crippen LogP contribution in [0.3, 0.4) is 0 Å². The summed E-state index contributed by atoms with van der Waals surface area (Å²) in [5.41, 5.74) is 0.106. The first-order chi connectivity index (χ1) is 15.1. The molecular formula is C22H20F3N3O3S. The van der Waals surface area contributed by atoms with E-state index in [1.54, 1.807) is 30.4 Å². The molecule has 4 rings (SSSR count). The maximum atomic E-state index is 13.3. The molecule has 0 unspecified atom stereocenters. The lowest BCUT2D eigenvalue weighted by Gasteiger charge is -2.29. The highest BCUT2D eigenvalue weighted by molar-refractivity contribution is 7.89. The molecule has 2 aliphatic heterocycles. The zero-order chi connectivity index (χ0) is 23.1. The van der Waals surface area contributed by atoms with E-state index in [-0.39, 0.29) is 22.1 Å². The van der Waals surface area contributed by atoms with Crippen LogP contribution in [-0.4, -0.2) is 44.2 Å². The summed E-state index contributed by atoms with van der Waals surface area (Å²) in [5.74, 6) is 0.999. The summed E-state index contributed by atoms with van der Waals surface area (Å²) in [6, 6.07) is 10.0. The van der Waals surface area contributed by atoms with Crippen molar-refractivity contribution in [2.24, 2.45) is 4.99 Å². The number of rotatable bonds is 4. The summed E-state index contributed by atoms with van der Waals surface area (Å²) in [7, 11) is -1.13. The molecule has 0 N–H and O–H groups in total. The molecule has 0 bridgehead atoms. The molecule has 10 heteroatoms. The Morgan fingerprint density at radius 2 is 1.81 bits per heavy atom. The third kappa shape index (κ3) is 3.97. The maximum Gasteiger partial charge on any atom is 0.416 e. The lowest BCUT2D eigenvalue weighted by molar-refractivity contribution is -0.137. The first-order valence-electron chi connectivity index (χ1n) is 9.68. The van der Waals surface area contributed by atoms with Gasteiger partial charge in [-0.25, -0.2) is 13.4 Å². The minimum Gasteiger partial charge on any atom is -0.497 e. The van der Waals surface area contributed by atoms with Crippen LogP contribution >= 0.6 is 0 Å². The molecule has 0 radical (unpaired) electrons. The van der Waals surface area contributed by atoms with Crippen LogP contribution in [-0.2, 0) is 22.6 Å². The molecular weight excluding hydrogens is 443 g/mol. The Labute approximate surface area is 184 Å². The molecule has 6 nitrogen and oxygen atoms in total. The van der Waals surface area contributed by atoms with E-state index in [1.807, 2.05) is 24.3 Å². The van der Waals surface area contributed by atoms with E-state index in [1.165, 1.54) is 7.05 Å². The first-order valence-corrected chi connectivity index (χ1v) is 11.1. The number of nitrogens with zero attached hydrogens (tertiary/aromatic N) is 3. The van der Waals surface area contributed by atoms with Crippen molar-refractivity contribution in [2.45, 2.75) is 17.5 Å². The van der Waals surface area contributed by atoms with E-state index in [0.29, 0.717) is 13.0 Å². The summed E-state index contributed by atoms with van der Waals surface area (Å²) in [6.07, 6.45) is 0.982. The van der Waals surface area contributed by atoms with Crippen molar-refractivity contribution in [3.8, 4) is 5.75 Å². The van der Waals surface area contributed by atoms with Gasteiger partial charge < -0.3 is 9.64 Å². The van der Waals surface area contributed by atoms with Crippen molar-refractivity contribution in [3.05, 3.63) is 77.6 Å². The van der Waals surface area contributed by atoms with Crippen LogP contribution in [0.25, 0.3) is 0 Å². The lowest BCUT2D eigenvalue weighted by atomic mass is 10.1. The number of hydrogen-bond donors (Lipinski definition) is 0. The fourth-order valence-corrected chi connectivity index (χ4v) is 4.82. The number of hydrogen-bond acceptors (Lipinski definition) is 5. The molecule has 2 aliphatic rings. The molecule has 0 fully saturated rings. The molecule has 0 atom stereocenters. The number of fused-ring (bicyclic) bond motifs is 2. The standard InChI is InChI=1S/C22H20F3N3O3S/c1-27-19-4-3-12-28(13-11-15-5-8-17(31-2)9-6-15)21(19)26-18-14-16(22(23,24)25)7-10-20(18)32(27,29)30/h3-10,12,14H,11,13H2,1-2H3. The van der Waals surface area contributed by atoms with Crippen LogP contribution in [0.15, 0.2) is 76.4 Å². The topological polar surface area (TPSA) is 62.2 Å². The Hall–Kier alpha value is -3.27. The van der Waals surface area contributed by atoms with Crippen molar-refractivity contribution in [2.75, 3.05) is 20.7 Å². The van der Waals surface area contributed by atoms with Crippen LogP contribution in [0.5, 0.6) is 5.75 Å². The van der Waals surface area contributed by atoms with Gasteiger partial charge in [0.1, 0.15) is 10.6 Å². The number of methoxy groups -OCH3 is 1. The summed E-state index contributed by atoms with van der Waals surface area (Å²) in [5, 5.41) is 0. The summed E-state index contributed by atoms with van der Waals surface area (Å²) in [6.45, 7) is 0.446. The van der Waals surface area contributed by atoms with Crippen molar-refractivity contribution in [1.82, 2.24) is 9.21 Å². The molecule has 0 saturated heterocycles. The third-order valence-corrected chi connectivity index (χ3v) is 7.13. The van der Waals surface area contributed by atoms with Crippen LogP contribution < -0.4 is 4.74 Å². The van der Waals surface area contributed by atoms with Crippen molar-refractivity contribution in [1.29, 1.82) is 0 Å². The highest BCUT2D eigenvalue weighted by atomic mass is 32.2. The minimum absolute atomic E-state index is 0.241. The monoisotopic (exact) mass is 463 g/mol. The number of benzene rings is 2. The van der Waals surface area contributed by atoms with Crippen LogP contribution in [0, 0.1) is 0 Å². The van der Waals surface area contributed by atoms with E-state index in [2.05, 4.69) is 4.99 Å². The highest BCUT2D eigenvalue weighted by Crippen LogP contribution is 2.39. The SMILES string of the molecule is COc1ccc(CCN2C=CC=C3C2=Nc2cc(C(F)(F)F)ccc2S(=O)(=O)N3C)cc1. The molecule has 2 aromatic carbocycles. The summed E-state index contributed by atoms with van der Waals surface area (Å²) in [4.78, 5) is 5.85. The van der Waals surface area contributed by atoms with Crippen LogP contribution in [0.4, 0.5) is 18.9 Å². The van der Waals surface area contributed by atoms with Gasteiger partial charge in [-0.05, 0) is 54.5 Å². The highest BCUT2D eigenvalue weighted by Gasteiger charge is 2.37. The fraction of sp³-hybridized carbons (Fsp3) is 0.227. The van der Waals surface area contributed by atoms with Gasteiger partial charge in [-0.15, -0.1) is 0 Å². The van der Waals surface area contributed by atoms with Gasteiger partial charge in [0.15, 0.2) is 5.84 Å². The van der Waals surface area contributed by atoms with Gasteiger partial charge in [0, 0.05) is 19.8 Å². The Bertz CT molecular complexity index is 1230. The zero-order valence-corrected chi connectivity index (χ0v) is 18.1. The molecule has 32 heavy (non-hydrogen) atoms. The van der Waals surface area contributed by atoms with E-state index < -0.39 is 21.8 Å². The molecule has 0 aromatic heterocycles. The quantitative estimate of drug-likeness (QED) is 0.677. The molecule has 168 valence electrons. The number of alkyl halides is 3. The van der Waals surface area contributed by atoms with E-state index in [9.17, 15) is 21.6 Å². The molecule has 2 heterocycles. The van der Waals surface area contributed by atoms with Gasteiger partial charge in [-0.2, -0.15) is 13.2 Å². The fourth-order valence-electron chi connectivity index (χ4n) is 3.51. The third-order valence-electron chi connectivity index (χ3n) is 5.31. The number of allylic oxidation sites excluding steroid dienone is 2. The summed E-state index contributed by atoms with van der Waals surface area (Å²) < 4.78 is 72.1. The Kier molecular flexibility index (Phi) is 5.49. The number of aliphatic imine (C=N–C) groups is 1. The van der Waals surface area contributed by atoms with Gasteiger partial charge in [0.25, 0.3) is 10.0 Å². The van der Waals surface area contributed by atoms with Crippen molar-refractivity contribution in [3.63, 3.8) is 0 Å². The number of likely N-dealkylation sites (N-methyl/N-ethyl adjacent to an activating group) is 1. The van der Waals surface area contributed by atoms with Crippen molar-refractivity contribution < 1.29 is 26.3 Å².